The van der Waals surface area contributed by atoms with Crippen LogP contribution in [0.5, 0.6) is 0 Å². The fourth-order valence-electron chi connectivity index (χ4n) is 1.77. The molecule has 1 N–H and O–H groups in total. The van der Waals surface area contributed by atoms with Gasteiger partial charge in [-0.2, -0.15) is 0 Å². The van der Waals surface area contributed by atoms with Crippen LogP contribution in [0.1, 0.15) is 39.0 Å². The van der Waals surface area contributed by atoms with E-state index in [0.29, 0.717) is 19.3 Å². The molecule has 0 saturated carbocycles. The van der Waals surface area contributed by atoms with E-state index in [1.165, 1.54) is 12.8 Å². The van der Waals surface area contributed by atoms with Crippen molar-refractivity contribution in [3.05, 3.63) is 0 Å². The molecule has 1 rings (SSSR count). The predicted octanol–water partition coefficient (Wildman–Crippen LogP) is 1.49. The van der Waals surface area contributed by atoms with E-state index in [4.69, 9.17) is 9.47 Å². The minimum absolute atomic E-state index is 0.0238. The molecule has 1 fully saturated rings. The van der Waals surface area contributed by atoms with Crippen LogP contribution in [0.3, 0.4) is 0 Å². The SMILES string of the molecule is CCCOCC(=O)NCCC1CCCCO1. The Hall–Kier alpha value is -0.610. The molecular formula is C12H23NO3. The zero-order valence-electron chi connectivity index (χ0n) is 10.2. The van der Waals surface area contributed by atoms with Crippen LogP contribution in [-0.4, -0.2) is 38.4 Å². The molecule has 1 aliphatic rings. The van der Waals surface area contributed by atoms with Gasteiger partial charge in [0, 0.05) is 19.8 Å². The fourth-order valence-corrected chi connectivity index (χ4v) is 1.77. The van der Waals surface area contributed by atoms with Gasteiger partial charge in [-0.25, -0.2) is 0 Å². The zero-order valence-corrected chi connectivity index (χ0v) is 10.2. The highest BCUT2D eigenvalue weighted by Crippen LogP contribution is 2.14. The average Bonchev–Trinajstić information content (AvgIpc) is 2.31. The minimum Gasteiger partial charge on any atom is -0.378 e. The van der Waals surface area contributed by atoms with Crippen molar-refractivity contribution in [1.82, 2.24) is 5.32 Å². The summed E-state index contributed by atoms with van der Waals surface area (Å²) in [6.07, 6.45) is 5.75. The van der Waals surface area contributed by atoms with Crippen molar-refractivity contribution < 1.29 is 14.3 Å². The number of carbonyl (C=O) groups is 1. The van der Waals surface area contributed by atoms with E-state index in [-0.39, 0.29) is 12.5 Å². The molecule has 0 aromatic carbocycles. The van der Waals surface area contributed by atoms with E-state index in [2.05, 4.69) is 5.32 Å². The molecule has 1 saturated heterocycles. The molecular weight excluding hydrogens is 206 g/mol. The van der Waals surface area contributed by atoms with Gasteiger partial charge in [-0.05, 0) is 32.1 Å². The van der Waals surface area contributed by atoms with Gasteiger partial charge in [0.15, 0.2) is 0 Å². The first-order valence-electron chi connectivity index (χ1n) is 6.29. The Morgan fingerprint density at radius 1 is 1.50 bits per heavy atom. The van der Waals surface area contributed by atoms with Crippen LogP contribution >= 0.6 is 0 Å². The monoisotopic (exact) mass is 229 g/mol. The van der Waals surface area contributed by atoms with Gasteiger partial charge in [0.25, 0.3) is 0 Å². The summed E-state index contributed by atoms with van der Waals surface area (Å²) in [5.74, 6) is -0.0238. The quantitative estimate of drug-likeness (QED) is 0.673. The van der Waals surface area contributed by atoms with E-state index in [1.807, 2.05) is 6.92 Å². The van der Waals surface area contributed by atoms with Gasteiger partial charge in [-0.15, -0.1) is 0 Å². The Labute approximate surface area is 97.7 Å². The standard InChI is InChI=1S/C12H23NO3/c1-2-8-15-10-12(14)13-7-6-11-5-3-4-9-16-11/h11H,2-10H2,1H3,(H,13,14). The second-order valence-corrected chi connectivity index (χ2v) is 4.18. The molecule has 4 heteroatoms. The van der Waals surface area contributed by atoms with Crippen molar-refractivity contribution in [2.45, 2.75) is 45.1 Å². The Bertz CT molecular complexity index is 191. The molecule has 0 radical (unpaired) electrons. The van der Waals surface area contributed by atoms with E-state index in [1.54, 1.807) is 0 Å². The molecule has 1 unspecified atom stereocenters. The number of ether oxygens (including phenoxy) is 2. The van der Waals surface area contributed by atoms with E-state index >= 15 is 0 Å². The lowest BCUT2D eigenvalue weighted by atomic mass is 10.1. The molecule has 1 amide bonds. The lowest BCUT2D eigenvalue weighted by Gasteiger charge is -2.22. The normalized spacial score (nSPS) is 20.7. The largest absolute Gasteiger partial charge is 0.378 e. The summed E-state index contributed by atoms with van der Waals surface area (Å²) < 4.78 is 10.7. The summed E-state index contributed by atoms with van der Waals surface area (Å²) in [6.45, 7) is 4.42. The smallest absolute Gasteiger partial charge is 0.245 e. The Morgan fingerprint density at radius 2 is 2.38 bits per heavy atom. The molecule has 0 aromatic heterocycles. The molecule has 0 spiro atoms. The maximum Gasteiger partial charge on any atom is 0.245 e. The van der Waals surface area contributed by atoms with Crippen LogP contribution in [0.4, 0.5) is 0 Å². The third kappa shape index (κ3) is 6.08. The fraction of sp³-hybridized carbons (Fsp3) is 0.917. The maximum atomic E-state index is 11.3. The number of hydrogen-bond donors (Lipinski definition) is 1. The minimum atomic E-state index is -0.0238. The lowest BCUT2D eigenvalue weighted by molar-refractivity contribution is -0.125. The average molecular weight is 229 g/mol. The highest BCUT2D eigenvalue weighted by molar-refractivity contribution is 5.77. The Kier molecular flexibility index (Phi) is 7.17. The predicted molar refractivity (Wildman–Crippen MR) is 62.3 cm³/mol. The van der Waals surface area contributed by atoms with Gasteiger partial charge in [0.2, 0.25) is 5.91 Å². The zero-order chi connectivity index (χ0) is 11.6. The van der Waals surface area contributed by atoms with E-state index in [9.17, 15) is 4.79 Å². The molecule has 1 heterocycles. The van der Waals surface area contributed by atoms with Crippen LogP contribution in [0.15, 0.2) is 0 Å². The molecule has 0 aliphatic carbocycles. The number of rotatable bonds is 7. The van der Waals surface area contributed by atoms with Crippen molar-refractivity contribution >= 4 is 5.91 Å². The summed E-state index contributed by atoms with van der Waals surface area (Å²) >= 11 is 0. The van der Waals surface area contributed by atoms with E-state index in [0.717, 1.165) is 25.9 Å². The summed E-state index contributed by atoms with van der Waals surface area (Å²) in [6, 6.07) is 0. The second kappa shape index (κ2) is 8.53. The molecule has 94 valence electrons. The van der Waals surface area contributed by atoms with Gasteiger partial charge in [-0.1, -0.05) is 6.92 Å². The molecule has 0 aromatic rings. The van der Waals surface area contributed by atoms with Crippen LogP contribution in [0.25, 0.3) is 0 Å². The van der Waals surface area contributed by atoms with E-state index < -0.39 is 0 Å². The summed E-state index contributed by atoms with van der Waals surface area (Å²) in [5, 5.41) is 2.84. The van der Waals surface area contributed by atoms with Crippen LogP contribution in [0, 0.1) is 0 Å². The van der Waals surface area contributed by atoms with Gasteiger partial charge in [-0.3, -0.25) is 4.79 Å². The van der Waals surface area contributed by atoms with Crippen LogP contribution in [0.2, 0.25) is 0 Å². The summed E-state index contributed by atoms with van der Waals surface area (Å²) in [4.78, 5) is 11.3. The van der Waals surface area contributed by atoms with Crippen molar-refractivity contribution in [3.8, 4) is 0 Å². The first-order valence-corrected chi connectivity index (χ1v) is 6.29. The number of nitrogens with one attached hydrogen (secondary N) is 1. The molecule has 4 nitrogen and oxygen atoms in total. The first kappa shape index (κ1) is 13.5. The molecule has 0 bridgehead atoms. The molecule has 16 heavy (non-hydrogen) atoms. The van der Waals surface area contributed by atoms with Crippen LogP contribution in [-0.2, 0) is 14.3 Å². The second-order valence-electron chi connectivity index (χ2n) is 4.18. The van der Waals surface area contributed by atoms with Gasteiger partial charge < -0.3 is 14.8 Å². The van der Waals surface area contributed by atoms with Crippen molar-refractivity contribution in [3.63, 3.8) is 0 Å². The van der Waals surface area contributed by atoms with Gasteiger partial charge >= 0.3 is 0 Å². The first-order chi connectivity index (χ1) is 7.83. The van der Waals surface area contributed by atoms with Gasteiger partial charge in [0.05, 0.1) is 6.10 Å². The van der Waals surface area contributed by atoms with Crippen LogP contribution < -0.4 is 5.32 Å². The molecule has 1 aliphatic heterocycles. The Morgan fingerprint density at radius 3 is 3.06 bits per heavy atom. The van der Waals surface area contributed by atoms with Crippen molar-refractivity contribution in [2.75, 3.05) is 26.4 Å². The third-order valence-electron chi connectivity index (χ3n) is 2.64. The topological polar surface area (TPSA) is 47.6 Å². The highest BCUT2D eigenvalue weighted by Gasteiger charge is 2.13. The maximum absolute atomic E-state index is 11.3. The number of amides is 1. The highest BCUT2D eigenvalue weighted by atomic mass is 16.5. The van der Waals surface area contributed by atoms with Crippen molar-refractivity contribution in [2.24, 2.45) is 0 Å². The third-order valence-corrected chi connectivity index (χ3v) is 2.64. The Balaban J connectivity index is 1.94. The number of carbonyl (C=O) groups excluding carboxylic acids is 1. The van der Waals surface area contributed by atoms with Crippen molar-refractivity contribution in [1.29, 1.82) is 0 Å². The van der Waals surface area contributed by atoms with Gasteiger partial charge in [0.1, 0.15) is 6.61 Å². The summed E-state index contributed by atoms with van der Waals surface area (Å²) in [7, 11) is 0. The molecule has 1 atom stereocenters. The lowest BCUT2D eigenvalue weighted by Crippen LogP contribution is -2.31. The number of hydrogen-bond acceptors (Lipinski definition) is 3. The summed E-state index contributed by atoms with van der Waals surface area (Å²) in [5.41, 5.74) is 0.